The second kappa shape index (κ2) is 8.48. The molecule has 2 amide bonds. The maximum absolute atomic E-state index is 13.2. The molecule has 0 saturated carbocycles. The van der Waals surface area contributed by atoms with Crippen LogP contribution in [0, 0.1) is 24.1 Å². The molecule has 0 fully saturated rings. The third kappa shape index (κ3) is 4.01. The lowest BCUT2D eigenvalue weighted by Gasteiger charge is -2.27. The van der Waals surface area contributed by atoms with Gasteiger partial charge in [0.25, 0.3) is 11.8 Å². The number of nitrogens with zero attached hydrogens (tertiary/aromatic N) is 2. The van der Waals surface area contributed by atoms with Crippen LogP contribution in [0.1, 0.15) is 23.8 Å². The molecule has 5 nitrogen and oxygen atoms in total. The monoisotopic (exact) mass is 426 g/mol. The Kier molecular flexibility index (Phi) is 5.57. The number of carbonyl (C=O) groups excluding carboxylic acids is 2. The molecule has 4 rings (SSSR count). The zero-order valence-electron chi connectivity index (χ0n) is 17.6. The number of imide groups is 1. The minimum absolute atomic E-state index is 0.0622. The average molecular weight is 426 g/mol. The van der Waals surface area contributed by atoms with Crippen LogP contribution >= 0.6 is 0 Å². The number of benzene rings is 2. The summed E-state index contributed by atoms with van der Waals surface area (Å²) >= 11 is 0. The van der Waals surface area contributed by atoms with Gasteiger partial charge in [-0.2, -0.15) is 5.26 Å². The lowest BCUT2D eigenvalue weighted by atomic mass is 9.94. The van der Waals surface area contributed by atoms with E-state index in [2.05, 4.69) is 0 Å². The van der Waals surface area contributed by atoms with Crippen LogP contribution in [0.25, 0.3) is 17.4 Å². The van der Waals surface area contributed by atoms with Crippen molar-refractivity contribution >= 4 is 17.9 Å². The van der Waals surface area contributed by atoms with Crippen molar-refractivity contribution in [2.24, 2.45) is 0 Å². The first-order valence-electron chi connectivity index (χ1n) is 9.98. The Morgan fingerprint density at radius 3 is 2.31 bits per heavy atom. The predicted octanol–water partition coefficient (Wildman–Crippen LogP) is 5.19. The van der Waals surface area contributed by atoms with Gasteiger partial charge in [0.1, 0.15) is 29.0 Å². The highest BCUT2D eigenvalue weighted by Crippen LogP contribution is 2.30. The standard InChI is InChI=1S/C26H19FN2O3/c1-16-3-5-18(6-4-16)15-29-25(30)22(17(2)23(14-28)26(29)31)13-21-11-12-24(32-21)19-7-9-20(27)10-8-19/h3-13H,15H2,1-2H3/b22-13+. The van der Waals surface area contributed by atoms with Gasteiger partial charge in [0.05, 0.1) is 6.54 Å². The second-order valence-electron chi connectivity index (χ2n) is 7.56. The summed E-state index contributed by atoms with van der Waals surface area (Å²) in [6, 6.07) is 18.7. The number of aryl methyl sites for hydroxylation is 1. The number of rotatable bonds is 4. The number of amides is 2. The zero-order valence-corrected chi connectivity index (χ0v) is 17.6. The number of nitriles is 1. The fraction of sp³-hybridized carbons (Fsp3) is 0.115. The Labute approximate surface area is 184 Å². The first kappa shape index (κ1) is 21.0. The van der Waals surface area contributed by atoms with Gasteiger partial charge in [0.2, 0.25) is 0 Å². The van der Waals surface area contributed by atoms with Crippen LogP contribution in [-0.4, -0.2) is 16.7 Å². The van der Waals surface area contributed by atoms with Crippen molar-refractivity contribution in [1.82, 2.24) is 4.90 Å². The summed E-state index contributed by atoms with van der Waals surface area (Å²) in [6.07, 6.45) is 1.52. The van der Waals surface area contributed by atoms with E-state index >= 15 is 0 Å². The highest BCUT2D eigenvalue weighted by atomic mass is 19.1. The zero-order chi connectivity index (χ0) is 22.8. The molecule has 0 N–H and O–H groups in total. The van der Waals surface area contributed by atoms with Crippen molar-refractivity contribution in [1.29, 1.82) is 5.26 Å². The number of halogens is 1. The maximum atomic E-state index is 13.2. The molecule has 1 aromatic heterocycles. The summed E-state index contributed by atoms with van der Waals surface area (Å²) in [5, 5.41) is 9.55. The minimum atomic E-state index is -0.612. The van der Waals surface area contributed by atoms with Gasteiger partial charge in [-0.05, 0) is 67.5 Å². The summed E-state index contributed by atoms with van der Waals surface area (Å²) in [4.78, 5) is 27.1. The molecule has 0 unspecified atom stereocenters. The first-order chi connectivity index (χ1) is 15.4. The molecule has 6 heteroatoms. The summed E-state index contributed by atoms with van der Waals surface area (Å²) in [5.74, 6) is -0.562. The van der Waals surface area contributed by atoms with E-state index in [1.807, 2.05) is 37.3 Å². The van der Waals surface area contributed by atoms with Crippen LogP contribution in [0.15, 0.2) is 81.8 Å². The van der Waals surface area contributed by atoms with E-state index in [-0.39, 0.29) is 23.5 Å². The van der Waals surface area contributed by atoms with Crippen molar-refractivity contribution in [2.45, 2.75) is 20.4 Å². The van der Waals surface area contributed by atoms with Crippen LogP contribution in [-0.2, 0) is 16.1 Å². The van der Waals surface area contributed by atoms with Crippen LogP contribution in [0.3, 0.4) is 0 Å². The summed E-state index contributed by atoms with van der Waals surface area (Å²) < 4.78 is 19.0. The summed E-state index contributed by atoms with van der Waals surface area (Å²) in [5.41, 5.74) is 2.98. The number of carbonyl (C=O) groups is 2. The Balaban J connectivity index is 1.70. The third-order valence-electron chi connectivity index (χ3n) is 5.33. The van der Waals surface area contributed by atoms with Crippen molar-refractivity contribution in [3.63, 3.8) is 0 Å². The normalized spacial score (nSPS) is 15.4. The molecular weight excluding hydrogens is 407 g/mol. The lowest BCUT2D eigenvalue weighted by Crippen LogP contribution is -2.42. The van der Waals surface area contributed by atoms with Gasteiger partial charge in [0.15, 0.2) is 0 Å². The molecule has 2 aromatic carbocycles. The molecular formula is C26H19FN2O3. The van der Waals surface area contributed by atoms with Gasteiger partial charge >= 0.3 is 0 Å². The second-order valence-corrected chi connectivity index (χ2v) is 7.56. The van der Waals surface area contributed by atoms with E-state index in [0.29, 0.717) is 22.7 Å². The van der Waals surface area contributed by atoms with E-state index in [0.717, 1.165) is 16.0 Å². The molecule has 0 atom stereocenters. The molecule has 32 heavy (non-hydrogen) atoms. The minimum Gasteiger partial charge on any atom is -0.457 e. The Morgan fingerprint density at radius 2 is 1.66 bits per heavy atom. The highest BCUT2D eigenvalue weighted by molar-refractivity contribution is 6.19. The van der Waals surface area contributed by atoms with Gasteiger partial charge in [-0.1, -0.05) is 29.8 Å². The molecule has 2 heterocycles. The SMILES string of the molecule is CC1=C(C#N)C(=O)N(Cc2ccc(C)cc2)C(=O)/C1=C/c1ccc(-c2ccc(F)cc2)o1. The Bertz CT molecular complexity index is 1310. The van der Waals surface area contributed by atoms with Crippen LogP contribution in [0.4, 0.5) is 4.39 Å². The molecule has 0 spiro atoms. The largest absolute Gasteiger partial charge is 0.457 e. The number of hydrogen-bond donors (Lipinski definition) is 0. The quantitative estimate of drug-likeness (QED) is 0.425. The average Bonchev–Trinajstić information content (AvgIpc) is 3.25. The molecule has 158 valence electrons. The van der Waals surface area contributed by atoms with Gasteiger partial charge in [-0.3, -0.25) is 14.5 Å². The van der Waals surface area contributed by atoms with E-state index < -0.39 is 11.8 Å². The van der Waals surface area contributed by atoms with Gasteiger partial charge in [-0.15, -0.1) is 0 Å². The molecule has 1 aliphatic rings. The number of furan rings is 1. The molecule has 0 saturated heterocycles. The fourth-order valence-corrected chi connectivity index (χ4v) is 3.49. The topological polar surface area (TPSA) is 74.3 Å². The van der Waals surface area contributed by atoms with E-state index in [4.69, 9.17) is 4.42 Å². The fourth-order valence-electron chi connectivity index (χ4n) is 3.49. The van der Waals surface area contributed by atoms with Crippen LogP contribution in [0.2, 0.25) is 0 Å². The van der Waals surface area contributed by atoms with Crippen molar-refractivity contribution < 1.29 is 18.4 Å². The molecule has 1 aliphatic heterocycles. The van der Waals surface area contributed by atoms with E-state index in [1.54, 1.807) is 31.2 Å². The predicted molar refractivity (Wildman–Crippen MR) is 117 cm³/mol. The Hall–Kier alpha value is -4.24. The summed E-state index contributed by atoms with van der Waals surface area (Å²) in [7, 11) is 0. The summed E-state index contributed by atoms with van der Waals surface area (Å²) in [6.45, 7) is 3.59. The van der Waals surface area contributed by atoms with Crippen molar-refractivity contribution in [3.05, 3.63) is 100 Å². The van der Waals surface area contributed by atoms with E-state index in [9.17, 15) is 19.2 Å². The smallest absolute Gasteiger partial charge is 0.271 e. The first-order valence-corrected chi connectivity index (χ1v) is 9.98. The maximum Gasteiger partial charge on any atom is 0.271 e. The molecule has 0 bridgehead atoms. The van der Waals surface area contributed by atoms with Crippen molar-refractivity contribution in [3.8, 4) is 17.4 Å². The van der Waals surface area contributed by atoms with Crippen molar-refractivity contribution in [2.75, 3.05) is 0 Å². The highest BCUT2D eigenvalue weighted by Gasteiger charge is 2.35. The number of hydrogen-bond acceptors (Lipinski definition) is 4. The van der Waals surface area contributed by atoms with Crippen LogP contribution < -0.4 is 0 Å². The van der Waals surface area contributed by atoms with Gasteiger partial charge < -0.3 is 4.42 Å². The third-order valence-corrected chi connectivity index (χ3v) is 5.33. The molecule has 0 aliphatic carbocycles. The lowest BCUT2D eigenvalue weighted by molar-refractivity contribution is -0.141. The van der Waals surface area contributed by atoms with Gasteiger partial charge in [0, 0.05) is 11.1 Å². The molecule has 3 aromatic rings. The Morgan fingerprint density at radius 1 is 0.969 bits per heavy atom. The molecule has 0 radical (unpaired) electrons. The van der Waals surface area contributed by atoms with E-state index in [1.165, 1.54) is 18.2 Å². The van der Waals surface area contributed by atoms with Gasteiger partial charge in [-0.25, -0.2) is 4.39 Å². The van der Waals surface area contributed by atoms with Crippen LogP contribution in [0.5, 0.6) is 0 Å².